The molecule has 1 aromatic carbocycles. The summed E-state index contributed by atoms with van der Waals surface area (Å²) in [7, 11) is 0. The van der Waals surface area contributed by atoms with Gasteiger partial charge in [0, 0.05) is 23.6 Å². The number of aromatic nitrogens is 1. The lowest BCUT2D eigenvalue weighted by atomic mass is 9.79. The molecular formula is C16H20N2O2. The Morgan fingerprint density at radius 2 is 2.25 bits per heavy atom. The van der Waals surface area contributed by atoms with Crippen LogP contribution >= 0.6 is 0 Å². The molecule has 4 heteroatoms. The van der Waals surface area contributed by atoms with Gasteiger partial charge in [0.05, 0.1) is 0 Å². The van der Waals surface area contributed by atoms with E-state index in [0.29, 0.717) is 19.4 Å². The lowest BCUT2D eigenvalue weighted by molar-refractivity contribution is -0.148. The van der Waals surface area contributed by atoms with Crippen LogP contribution in [0.3, 0.4) is 0 Å². The summed E-state index contributed by atoms with van der Waals surface area (Å²) in [5.74, 6) is -0.222. The van der Waals surface area contributed by atoms with Gasteiger partial charge in [-0.2, -0.15) is 0 Å². The first-order valence-corrected chi connectivity index (χ1v) is 7.16. The van der Waals surface area contributed by atoms with Crippen LogP contribution in [0.25, 0.3) is 10.9 Å². The summed E-state index contributed by atoms with van der Waals surface area (Å²) in [5, 5.41) is 14.0. The van der Waals surface area contributed by atoms with Gasteiger partial charge in [-0.1, -0.05) is 18.2 Å². The van der Waals surface area contributed by atoms with Crippen molar-refractivity contribution in [1.82, 2.24) is 10.3 Å². The highest BCUT2D eigenvalue weighted by atomic mass is 16.3. The van der Waals surface area contributed by atoms with Crippen molar-refractivity contribution in [2.75, 3.05) is 6.54 Å². The highest BCUT2D eigenvalue weighted by Crippen LogP contribution is 2.31. The highest BCUT2D eigenvalue weighted by Gasteiger charge is 2.41. The monoisotopic (exact) mass is 272 g/mol. The molecule has 4 nitrogen and oxygen atoms in total. The normalized spacial score (nSPS) is 16.9. The number of rotatable bonds is 4. The van der Waals surface area contributed by atoms with Gasteiger partial charge in [0.15, 0.2) is 0 Å². The third-order valence-electron chi connectivity index (χ3n) is 4.29. The molecule has 1 saturated carbocycles. The third kappa shape index (κ3) is 2.20. The summed E-state index contributed by atoms with van der Waals surface area (Å²) in [6.07, 6.45) is 4.88. The number of hydrogen-bond donors (Lipinski definition) is 3. The van der Waals surface area contributed by atoms with Gasteiger partial charge in [-0.05, 0) is 43.7 Å². The van der Waals surface area contributed by atoms with Crippen LogP contribution in [0.4, 0.5) is 0 Å². The van der Waals surface area contributed by atoms with Gasteiger partial charge in [-0.15, -0.1) is 0 Å². The number of para-hydroxylation sites is 1. The molecule has 3 rings (SSSR count). The van der Waals surface area contributed by atoms with E-state index in [1.54, 1.807) is 0 Å². The first-order valence-electron chi connectivity index (χ1n) is 7.16. The van der Waals surface area contributed by atoms with E-state index in [4.69, 9.17) is 0 Å². The summed E-state index contributed by atoms with van der Waals surface area (Å²) < 4.78 is 0. The molecule has 0 bridgehead atoms. The van der Waals surface area contributed by atoms with Gasteiger partial charge in [0.1, 0.15) is 5.60 Å². The number of benzene rings is 1. The number of nitrogens with one attached hydrogen (secondary N) is 2. The van der Waals surface area contributed by atoms with E-state index in [0.717, 1.165) is 18.4 Å². The maximum atomic E-state index is 11.8. The van der Waals surface area contributed by atoms with Crippen LogP contribution in [0, 0.1) is 6.92 Å². The van der Waals surface area contributed by atoms with Crippen LogP contribution in [0.5, 0.6) is 0 Å². The fourth-order valence-corrected chi connectivity index (χ4v) is 2.78. The van der Waals surface area contributed by atoms with Crippen molar-refractivity contribution in [2.24, 2.45) is 0 Å². The summed E-state index contributed by atoms with van der Waals surface area (Å²) in [6.45, 7) is 2.64. The Hall–Kier alpha value is -1.81. The smallest absolute Gasteiger partial charge is 0.251 e. The molecule has 1 aliphatic carbocycles. The van der Waals surface area contributed by atoms with Gasteiger partial charge >= 0.3 is 0 Å². The number of aryl methyl sites for hydroxylation is 1. The number of aromatic amines is 1. The van der Waals surface area contributed by atoms with E-state index < -0.39 is 5.60 Å². The van der Waals surface area contributed by atoms with Gasteiger partial charge in [0.25, 0.3) is 5.91 Å². The molecular weight excluding hydrogens is 252 g/mol. The Bertz CT molecular complexity index is 641. The second-order valence-electron chi connectivity index (χ2n) is 5.70. The summed E-state index contributed by atoms with van der Waals surface area (Å²) in [5.41, 5.74) is 2.48. The van der Waals surface area contributed by atoms with E-state index in [2.05, 4.69) is 29.4 Å². The van der Waals surface area contributed by atoms with Crippen molar-refractivity contribution in [3.8, 4) is 0 Å². The molecule has 1 aromatic heterocycles. The average molecular weight is 272 g/mol. The number of carbonyl (C=O) groups excluding carboxylic acids is 1. The van der Waals surface area contributed by atoms with Gasteiger partial charge in [-0.25, -0.2) is 0 Å². The fourth-order valence-electron chi connectivity index (χ4n) is 2.78. The first kappa shape index (κ1) is 13.2. The van der Waals surface area contributed by atoms with Crippen LogP contribution in [0.1, 0.15) is 30.4 Å². The third-order valence-corrected chi connectivity index (χ3v) is 4.29. The number of H-pyrrole nitrogens is 1. The van der Waals surface area contributed by atoms with Crippen molar-refractivity contribution in [1.29, 1.82) is 0 Å². The number of fused-ring (bicyclic) bond motifs is 1. The van der Waals surface area contributed by atoms with E-state index in [1.165, 1.54) is 16.5 Å². The molecule has 0 saturated heterocycles. The minimum absolute atomic E-state index is 0.222. The lowest BCUT2D eigenvalue weighted by Gasteiger charge is -2.34. The second-order valence-corrected chi connectivity index (χ2v) is 5.70. The van der Waals surface area contributed by atoms with Crippen LogP contribution in [-0.2, 0) is 11.2 Å². The summed E-state index contributed by atoms with van der Waals surface area (Å²) in [4.78, 5) is 15.1. The largest absolute Gasteiger partial charge is 0.380 e. The molecule has 0 aliphatic heterocycles. The molecule has 1 fully saturated rings. The molecule has 1 aliphatic rings. The fraction of sp³-hybridized carbons (Fsp3) is 0.438. The minimum Gasteiger partial charge on any atom is -0.380 e. The molecule has 2 aromatic rings. The molecule has 20 heavy (non-hydrogen) atoms. The number of aliphatic hydroxyl groups is 1. The first-order chi connectivity index (χ1) is 9.60. The maximum absolute atomic E-state index is 11.8. The zero-order chi connectivity index (χ0) is 14.2. The van der Waals surface area contributed by atoms with Crippen molar-refractivity contribution in [3.05, 3.63) is 35.5 Å². The Kier molecular flexibility index (Phi) is 3.26. The number of carbonyl (C=O) groups is 1. The zero-order valence-electron chi connectivity index (χ0n) is 11.7. The molecule has 0 spiro atoms. The topological polar surface area (TPSA) is 65.1 Å². The molecule has 0 unspecified atom stereocenters. The predicted molar refractivity (Wildman–Crippen MR) is 78.6 cm³/mol. The quantitative estimate of drug-likeness (QED) is 0.797. The van der Waals surface area contributed by atoms with Crippen LogP contribution in [0.15, 0.2) is 24.4 Å². The Morgan fingerprint density at radius 1 is 1.45 bits per heavy atom. The van der Waals surface area contributed by atoms with Crippen molar-refractivity contribution >= 4 is 16.8 Å². The van der Waals surface area contributed by atoms with Crippen molar-refractivity contribution in [2.45, 2.75) is 38.2 Å². The van der Waals surface area contributed by atoms with Gasteiger partial charge < -0.3 is 15.4 Å². The molecule has 1 amide bonds. The standard InChI is InChI=1S/C16H20N2O2/c1-11-4-2-5-13-12(10-18-14(11)13)6-9-17-15(19)16(20)7-3-8-16/h2,4-5,10,18,20H,3,6-9H2,1H3,(H,17,19). The second kappa shape index (κ2) is 4.94. The molecule has 3 N–H and O–H groups in total. The minimum atomic E-state index is -1.10. The Labute approximate surface area is 118 Å². The van der Waals surface area contributed by atoms with Crippen molar-refractivity contribution < 1.29 is 9.90 Å². The average Bonchev–Trinajstić information content (AvgIpc) is 2.81. The van der Waals surface area contributed by atoms with E-state index in [1.807, 2.05) is 12.3 Å². The van der Waals surface area contributed by atoms with E-state index in [-0.39, 0.29) is 5.91 Å². The van der Waals surface area contributed by atoms with Gasteiger partial charge in [-0.3, -0.25) is 4.79 Å². The van der Waals surface area contributed by atoms with Crippen LogP contribution < -0.4 is 5.32 Å². The van der Waals surface area contributed by atoms with Crippen LogP contribution in [-0.4, -0.2) is 28.1 Å². The predicted octanol–water partition coefficient (Wildman–Crippen LogP) is 2.05. The number of hydrogen-bond acceptors (Lipinski definition) is 2. The summed E-state index contributed by atoms with van der Waals surface area (Å²) >= 11 is 0. The molecule has 106 valence electrons. The van der Waals surface area contributed by atoms with E-state index in [9.17, 15) is 9.90 Å². The van der Waals surface area contributed by atoms with Crippen LogP contribution in [0.2, 0.25) is 0 Å². The Balaban J connectivity index is 1.63. The summed E-state index contributed by atoms with van der Waals surface area (Å²) in [6, 6.07) is 6.22. The molecule has 1 heterocycles. The van der Waals surface area contributed by atoms with Gasteiger partial charge in [0.2, 0.25) is 0 Å². The van der Waals surface area contributed by atoms with E-state index >= 15 is 0 Å². The maximum Gasteiger partial charge on any atom is 0.251 e. The molecule has 0 atom stereocenters. The SMILES string of the molecule is Cc1cccc2c(CCNC(=O)C3(O)CCC3)c[nH]c12. The Morgan fingerprint density at radius 3 is 2.95 bits per heavy atom. The number of amides is 1. The lowest BCUT2D eigenvalue weighted by Crippen LogP contribution is -2.51. The highest BCUT2D eigenvalue weighted by molar-refractivity contribution is 5.87. The molecule has 0 radical (unpaired) electrons. The zero-order valence-corrected chi connectivity index (χ0v) is 11.7. The van der Waals surface area contributed by atoms with Crippen molar-refractivity contribution in [3.63, 3.8) is 0 Å².